The lowest BCUT2D eigenvalue weighted by Gasteiger charge is -2.35. The van der Waals surface area contributed by atoms with Crippen molar-refractivity contribution in [3.05, 3.63) is 10.0 Å². The fourth-order valence-electron chi connectivity index (χ4n) is 3.04. The first-order valence-electron chi connectivity index (χ1n) is 7.91. The first kappa shape index (κ1) is 16.1. The number of nitrogens with zero attached hydrogens (tertiary/aromatic N) is 5. The third-order valence-corrected chi connectivity index (χ3v) is 5.40. The SMILES string of the molecule is O=C(CN1CCN(Cc2nnsc2Cl)CC1)N1CCCCC1. The minimum Gasteiger partial charge on any atom is -0.342 e. The van der Waals surface area contributed by atoms with Crippen molar-refractivity contribution in [2.24, 2.45) is 0 Å². The molecule has 3 rings (SSSR count). The van der Waals surface area contributed by atoms with Crippen LogP contribution in [0.2, 0.25) is 4.34 Å². The number of hydrogen-bond acceptors (Lipinski definition) is 6. The number of aromatic nitrogens is 2. The average molecular weight is 344 g/mol. The van der Waals surface area contributed by atoms with E-state index in [2.05, 4.69) is 19.4 Å². The molecule has 22 heavy (non-hydrogen) atoms. The first-order chi connectivity index (χ1) is 10.7. The highest BCUT2D eigenvalue weighted by molar-refractivity contribution is 7.10. The van der Waals surface area contributed by atoms with Crippen molar-refractivity contribution in [2.75, 3.05) is 45.8 Å². The Balaban J connectivity index is 1.41. The Morgan fingerprint density at radius 1 is 1.05 bits per heavy atom. The Morgan fingerprint density at radius 2 is 1.73 bits per heavy atom. The average Bonchev–Trinajstić information content (AvgIpc) is 2.95. The van der Waals surface area contributed by atoms with Gasteiger partial charge in [0.05, 0.1) is 6.54 Å². The van der Waals surface area contributed by atoms with Crippen molar-refractivity contribution in [1.29, 1.82) is 0 Å². The first-order valence-corrected chi connectivity index (χ1v) is 9.07. The minimum absolute atomic E-state index is 0.292. The second kappa shape index (κ2) is 7.68. The molecule has 2 fully saturated rings. The van der Waals surface area contributed by atoms with Crippen molar-refractivity contribution in [2.45, 2.75) is 25.8 Å². The normalized spacial score (nSPS) is 21.2. The van der Waals surface area contributed by atoms with E-state index >= 15 is 0 Å². The van der Waals surface area contributed by atoms with Gasteiger partial charge < -0.3 is 4.90 Å². The summed E-state index contributed by atoms with van der Waals surface area (Å²) in [5.74, 6) is 0.292. The van der Waals surface area contributed by atoms with Gasteiger partial charge in [0.1, 0.15) is 10.0 Å². The van der Waals surface area contributed by atoms with E-state index in [1.807, 2.05) is 4.90 Å². The van der Waals surface area contributed by atoms with Gasteiger partial charge in [0.15, 0.2) is 0 Å². The monoisotopic (exact) mass is 343 g/mol. The minimum atomic E-state index is 0.292. The van der Waals surface area contributed by atoms with Gasteiger partial charge in [-0.2, -0.15) is 0 Å². The third kappa shape index (κ3) is 4.16. The summed E-state index contributed by atoms with van der Waals surface area (Å²) in [7, 11) is 0. The second-order valence-electron chi connectivity index (χ2n) is 5.99. The maximum atomic E-state index is 12.3. The van der Waals surface area contributed by atoms with Crippen LogP contribution in [0.3, 0.4) is 0 Å². The Bertz CT molecular complexity index is 497. The van der Waals surface area contributed by atoms with Crippen LogP contribution in [0.5, 0.6) is 0 Å². The molecular weight excluding hydrogens is 322 g/mol. The van der Waals surface area contributed by atoms with E-state index in [-0.39, 0.29) is 0 Å². The molecule has 0 aliphatic carbocycles. The Hall–Kier alpha value is -0.760. The summed E-state index contributed by atoms with van der Waals surface area (Å²) < 4.78 is 4.55. The topological polar surface area (TPSA) is 52.6 Å². The number of amides is 1. The lowest BCUT2D eigenvalue weighted by Crippen LogP contribution is -2.50. The summed E-state index contributed by atoms with van der Waals surface area (Å²) in [6.07, 6.45) is 3.57. The molecule has 6 nitrogen and oxygen atoms in total. The number of likely N-dealkylation sites (tertiary alicyclic amines) is 1. The van der Waals surface area contributed by atoms with Crippen molar-refractivity contribution in [3.8, 4) is 0 Å². The number of carbonyl (C=O) groups excluding carboxylic acids is 1. The van der Waals surface area contributed by atoms with Gasteiger partial charge in [0.25, 0.3) is 0 Å². The molecule has 1 amide bonds. The summed E-state index contributed by atoms with van der Waals surface area (Å²) in [5, 5.41) is 4.06. The fourth-order valence-corrected chi connectivity index (χ4v) is 3.66. The maximum Gasteiger partial charge on any atom is 0.236 e. The van der Waals surface area contributed by atoms with Crippen LogP contribution in [0.1, 0.15) is 25.0 Å². The molecule has 0 atom stereocenters. The summed E-state index contributed by atoms with van der Waals surface area (Å²) in [6.45, 7) is 6.93. The van der Waals surface area contributed by atoms with Gasteiger partial charge in [0.2, 0.25) is 5.91 Å². The van der Waals surface area contributed by atoms with Crippen LogP contribution in [-0.2, 0) is 11.3 Å². The molecule has 2 aliphatic rings. The summed E-state index contributed by atoms with van der Waals surface area (Å²) >= 11 is 7.28. The van der Waals surface area contributed by atoms with Crippen LogP contribution >= 0.6 is 23.1 Å². The molecule has 1 aromatic rings. The van der Waals surface area contributed by atoms with E-state index in [1.54, 1.807) is 0 Å². The van der Waals surface area contributed by atoms with Crippen molar-refractivity contribution in [3.63, 3.8) is 0 Å². The number of hydrogen-bond donors (Lipinski definition) is 0. The smallest absolute Gasteiger partial charge is 0.236 e. The lowest BCUT2D eigenvalue weighted by molar-refractivity contribution is -0.133. The number of carbonyl (C=O) groups is 1. The van der Waals surface area contributed by atoms with Crippen LogP contribution in [-0.4, -0.2) is 76.0 Å². The highest BCUT2D eigenvalue weighted by atomic mass is 35.5. The molecule has 2 aliphatic heterocycles. The zero-order chi connectivity index (χ0) is 15.4. The molecule has 0 N–H and O–H groups in total. The zero-order valence-corrected chi connectivity index (χ0v) is 14.3. The molecule has 0 aromatic carbocycles. The van der Waals surface area contributed by atoms with Crippen molar-refractivity contribution in [1.82, 2.24) is 24.3 Å². The van der Waals surface area contributed by atoms with Gasteiger partial charge >= 0.3 is 0 Å². The molecule has 8 heteroatoms. The van der Waals surface area contributed by atoms with Crippen LogP contribution in [0.4, 0.5) is 0 Å². The van der Waals surface area contributed by atoms with Gasteiger partial charge in [0, 0.05) is 57.3 Å². The van der Waals surface area contributed by atoms with Crippen molar-refractivity contribution < 1.29 is 4.79 Å². The van der Waals surface area contributed by atoms with Crippen molar-refractivity contribution >= 4 is 29.0 Å². The van der Waals surface area contributed by atoms with Crippen LogP contribution < -0.4 is 0 Å². The third-order valence-electron chi connectivity index (χ3n) is 4.42. The van der Waals surface area contributed by atoms with E-state index in [0.717, 1.165) is 64.3 Å². The number of piperidine rings is 1. The quantitative estimate of drug-likeness (QED) is 0.825. The standard InChI is InChI=1S/C14H22ClN5OS/c15-14-12(16-17-22-14)10-18-6-8-19(9-7-18)11-13(21)20-4-2-1-3-5-20/h1-11H2. The zero-order valence-electron chi connectivity index (χ0n) is 12.7. The van der Waals surface area contributed by atoms with Gasteiger partial charge in [-0.1, -0.05) is 16.1 Å². The van der Waals surface area contributed by atoms with Crippen LogP contribution in [0.25, 0.3) is 0 Å². The Labute approximate surface area is 140 Å². The number of halogens is 1. The molecule has 0 spiro atoms. The molecule has 2 saturated heterocycles. The number of rotatable bonds is 4. The molecule has 3 heterocycles. The van der Waals surface area contributed by atoms with E-state index in [4.69, 9.17) is 11.6 Å². The van der Waals surface area contributed by atoms with E-state index in [0.29, 0.717) is 16.8 Å². The molecule has 122 valence electrons. The van der Waals surface area contributed by atoms with Gasteiger partial charge in [-0.15, -0.1) is 5.10 Å². The predicted octanol–water partition coefficient (Wildman–Crippen LogP) is 1.32. The summed E-state index contributed by atoms with van der Waals surface area (Å²) in [5.41, 5.74) is 0.865. The molecule has 0 bridgehead atoms. The lowest BCUT2D eigenvalue weighted by atomic mass is 10.1. The molecule has 0 saturated carbocycles. The Morgan fingerprint density at radius 3 is 2.36 bits per heavy atom. The molecular formula is C14H22ClN5OS. The molecule has 0 radical (unpaired) electrons. The highest BCUT2D eigenvalue weighted by Gasteiger charge is 2.23. The predicted molar refractivity (Wildman–Crippen MR) is 87.1 cm³/mol. The number of piperazine rings is 1. The molecule has 1 aromatic heterocycles. The van der Waals surface area contributed by atoms with Gasteiger partial charge in [-0.3, -0.25) is 14.6 Å². The fraction of sp³-hybridized carbons (Fsp3) is 0.786. The second-order valence-corrected chi connectivity index (χ2v) is 7.34. The van der Waals surface area contributed by atoms with E-state index in [1.165, 1.54) is 18.0 Å². The summed E-state index contributed by atoms with van der Waals surface area (Å²) in [6, 6.07) is 0. The van der Waals surface area contributed by atoms with Gasteiger partial charge in [-0.25, -0.2) is 0 Å². The van der Waals surface area contributed by atoms with Gasteiger partial charge in [-0.05, 0) is 19.3 Å². The van der Waals surface area contributed by atoms with E-state index in [9.17, 15) is 4.79 Å². The highest BCUT2D eigenvalue weighted by Crippen LogP contribution is 2.19. The molecule has 0 unspecified atom stereocenters. The maximum absolute atomic E-state index is 12.3. The van der Waals surface area contributed by atoms with Crippen LogP contribution in [0.15, 0.2) is 0 Å². The largest absolute Gasteiger partial charge is 0.342 e. The Kier molecular flexibility index (Phi) is 5.62. The van der Waals surface area contributed by atoms with Crippen LogP contribution in [0, 0.1) is 0 Å². The van der Waals surface area contributed by atoms with E-state index < -0.39 is 0 Å². The summed E-state index contributed by atoms with van der Waals surface area (Å²) in [4.78, 5) is 18.9.